The largest absolute Gasteiger partial charge is 0.362 e. The van der Waals surface area contributed by atoms with Crippen molar-refractivity contribution >= 4 is 39.0 Å². The Morgan fingerprint density at radius 1 is 1.12 bits per heavy atom. The van der Waals surface area contributed by atoms with E-state index in [1.54, 1.807) is 11.3 Å². The molecule has 5 heterocycles. The number of halogens is 2. The van der Waals surface area contributed by atoms with Crippen molar-refractivity contribution in [2.75, 3.05) is 16.8 Å². The van der Waals surface area contributed by atoms with Crippen LogP contribution < -0.4 is 10.2 Å². The molecule has 0 saturated carbocycles. The van der Waals surface area contributed by atoms with Crippen LogP contribution in [-0.4, -0.2) is 30.9 Å². The number of rotatable bonds is 5. The Morgan fingerprint density at radius 3 is 2.91 bits per heavy atom. The quantitative estimate of drug-likeness (QED) is 0.372. The molecule has 0 radical (unpaired) electrons. The van der Waals surface area contributed by atoms with E-state index in [9.17, 15) is 8.78 Å². The van der Waals surface area contributed by atoms with Crippen LogP contribution in [0.1, 0.15) is 35.0 Å². The van der Waals surface area contributed by atoms with Crippen LogP contribution in [0.3, 0.4) is 0 Å². The molecule has 6 rings (SSSR count). The van der Waals surface area contributed by atoms with Gasteiger partial charge in [-0.05, 0) is 50.1 Å². The number of fused-ring (bicyclic) bond motifs is 2. The monoisotopic (exact) mass is 477 g/mol. The van der Waals surface area contributed by atoms with Gasteiger partial charge in [0.15, 0.2) is 10.8 Å². The highest BCUT2D eigenvalue weighted by molar-refractivity contribution is 7.16. The number of nitrogens with zero attached hydrogens (tertiary/aromatic N) is 6. The fourth-order valence-electron chi connectivity index (χ4n) is 4.57. The third-order valence-corrected chi connectivity index (χ3v) is 7.00. The maximum absolute atomic E-state index is 14.5. The van der Waals surface area contributed by atoms with Crippen LogP contribution in [0.4, 0.5) is 20.4 Å². The van der Waals surface area contributed by atoms with Crippen molar-refractivity contribution in [2.45, 2.75) is 32.4 Å². The molecule has 1 atom stereocenters. The van der Waals surface area contributed by atoms with E-state index in [-0.39, 0.29) is 6.04 Å². The lowest BCUT2D eigenvalue weighted by Crippen LogP contribution is -2.24. The fraction of sp³-hybridized carbons (Fsp3) is 0.250. The molecule has 0 amide bonds. The highest BCUT2D eigenvalue weighted by Gasteiger charge is 2.30. The number of anilines is 2. The zero-order chi connectivity index (χ0) is 23.2. The third-order valence-electron chi connectivity index (χ3n) is 6.09. The summed E-state index contributed by atoms with van der Waals surface area (Å²) in [5, 5.41) is 3.33. The first-order chi connectivity index (χ1) is 16.5. The van der Waals surface area contributed by atoms with Crippen molar-refractivity contribution < 1.29 is 8.78 Å². The lowest BCUT2D eigenvalue weighted by atomic mass is 10.0. The average molecular weight is 478 g/mol. The second-order valence-corrected chi connectivity index (χ2v) is 9.61. The number of nitrogens with one attached hydrogen (secondary N) is 1. The van der Waals surface area contributed by atoms with Crippen molar-refractivity contribution in [1.29, 1.82) is 0 Å². The standard InChI is InChI=1S/C24H21F2N7S/c1-14-11-32-12-16(30-24(32)34-14)10-27-23-22-19(28-13-29-23)6-7-21(31-22)33-8-2-3-20(33)17-9-15(25)4-5-18(17)26/h4-7,9,11-13,20H,2-3,8,10H2,1H3,(H,27,28,29)/t20-/m1/s1. The lowest BCUT2D eigenvalue weighted by Gasteiger charge is -2.26. The van der Waals surface area contributed by atoms with Crippen molar-refractivity contribution in [3.63, 3.8) is 0 Å². The summed E-state index contributed by atoms with van der Waals surface area (Å²) in [6.07, 6.45) is 7.15. The highest BCUT2D eigenvalue weighted by Crippen LogP contribution is 2.37. The van der Waals surface area contributed by atoms with Gasteiger partial charge in [0, 0.05) is 29.4 Å². The summed E-state index contributed by atoms with van der Waals surface area (Å²) in [4.78, 5) is 22.4. The minimum atomic E-state index is -0.441. The minimum absolute atomic E-state index is 0.274. The molecule has 1 N–H and O–H groups in total. The summed E-state index contributed by atoms with van der Waals surface area (Å²) in [7, 11) is 0. The summed E-state index contributed by atoms with van der Waals surface area (Å²) >= 11 is 1.64. The van der Waals surface area contributed by atoms with Gasteiger partial charge in [0.1, 0.15) is 29.3 Å². The fourth-order valence-corrected chi connectivity index (χ4v) is 5.40. The maximum Gasteiger partial charge on any atom is 0.194 e. The van der Waals surface area contributed by atoms with Crippen LogP contribution in [0.5, 0.6) is 0 Å². The summed E-state index contributed by atoms with van der Waals surface area (Å²) in [5.41, 5.74) is 2.59. The zero-order valence-electron chi connectivity index (χ0n) is 18.4. The summed E-state index contributed by atoms with van der Waals surface area (Å²) in [6.45, 7) is 3.26. The summed E-state index contributed by atoms with van der Waals surface area (Å²) in [6, 6.07) is 7.10. The normalized spacial score (nSPS) is 16.1. The number of aryl methyl sites for hydroxylation is 1. The van der Waals surface area contributed by atoms with E-state index in [4.69, 9.17) is 4.98 Å². The molecule has 172 valence electrons. The smallest absolute Gasteiger partial charge is 0.194 e. The number of imidazole rings is 1. The predicted octanol–water partition coefficient (Wildman–Crippen LogP) is 5.27. The van der Waals surface area contributed by atoms with Gasteiger partial charge in [-0.15, -0.1) is 11.3 Å². The lowest BCUT2D eigenvalue weighted by molar-refractivity contribution is 0.560. The number of aromatic nitrogens is 5. The first kappa shape index (κ1) is 20.9. The van der Waals surface area contributed by atoms with Gasteiger partial charge in [-0.1, -0.05) is 0 Å². The molecule has 0 spiro atoms. The van der Waals surface area contributed by atoms with Gasteiger partial charge in [-0.25, -0.2) is 28.7 Å². The van der Waals surface area contributed by atoms with E-state index >= 15 is 0 Å². The molecule has 7 nitrogen and oxygen atoms in total. The molecule has 0 bridgehead atoms. The third kappa shape index (κ3) is 3.73. The molecular formula is C24H21F2N7S. The Morgan fingerprint density at radius 2 is 2.03 bits per heavy atom. The second kappa shape index (κ2) is 8.28. The number of benzene rings is 1. The van der Waals surface area contributed by atoms with Gasteiger partial charge in [-0.2, -0.15) is 0 Å². The van der Waals surface area contributed by atoms with Crippen molar-refractivity contribution in [3.8, 4) is 0 Å². The van der Waals surface area contributed by atoms with E-state index in [1.165, 1.54) is 23.3 Å². The Hall–Kier alpha value is -3.66. The Balaban J connectivity index is 1.30. The highest BCUT2D eigenvalue weighted by atomic mass is 32.1. The van der Waals surface area contributed by atoms with Crippen LogP contribution in [0.15, 0.2) is 49.1 Å². The Bertz CT molecular complexity index is 1480. The Labute approximate surface area is 198 Å². The van der Waals surface area contributed by atoms with Crippen molar-refractivity contribution in [3.05, 3.63) is 76.8 Å². The molecule has 1 aromatic carbocycles. The van der Waals surface area contributed by atoms with Crippen LogP contribution in [-0.2, 0) is 6.54 Å². The Kier molecular flexibility index (Phi) is 5.09. The molecule has 0 unspecified atom stereocenters. The van der Waals surface area contributed by atoms with E-state index in [0.717, 1.165) is 29.6 Å². The molecular weight excluding hydrogens is 456 g/mol. The van der Waals surface area contributed by atoms with Gasteiger partial charge >= 0.3 is 0 Å². The van der Waals surface area contributed by atoms with Crippen LogP contribution in [0.25, 0.3) is 16.0 Å². The molecule has 5 aromatic rings. The van der Waals surface area contributed by atoms with Crippen LogP contribution in [0, 0.1) is 18.6 Å². The van der Waals surface area contributed by atoms with E-state index < -0.39 is 11.6 Å². The van der Waals surface area contributed by atoms with Gasteiger partial charge in [0.05, 0.1) is 23.8 Å². The SMILES string of the molecule is Cc1cn2cc(CNc3ncnc4ccc(N5CCC[C@@H]5c5cc(F)ccc5F)nc34)nc2s1. The number of hydrogen-bond donors (Lipinski definition) is 1. The molecule has 1 saturated heterocycles. The van der Waals surface area contributed by atoms with E-state index in [0.29, 0.717) is 41.3 Å². The van der Waals surface area contributed by atoms with Crippen LogP contribution in [0.2, 0.25) is 0 Å². The van der Waals surface area contributed by atoms with Gasteiger partial charge in [0.25, 0.3) is 0 Å². The number of hydrogen-bond acceptors (Lipinski definition) is 7. The van der Waals surface area contributed by atoms with E-state index in [1.807, 2.05) is 27.6 Å². The first-order valence-electron chi connectivity index (χ1n) is 11.1. The molecule has 10 heteroatoms. The van der Waals surface area contributed by atoms with Gasteiger partial charge in [-0.3, -0.25) is 4.40 Å². The van der Waals surface area contributed by atoms with Gasteiger partial charge < -0.3 is 10.2 Å². The predicted molar refractivity (Wildman–Crippen MR) is 128 cm³/mol. The zero-order valence-corrected chi connectivity index (χ0v) is 19.2. The molecule has 34 heavy (non-hydrogen) atoms. The summed E-state index contributed by atoms with van der Waals surface area (Å²) in [5.74, 6) is 0.449. The molecule has 0 aliphatic carbocycles. The molecule has 1 aliphatic heterocycles. The van der Waals surface area contributed by atoms with Crippen molar-refractivity contribution in [2.24, 2.45) is 0 Å². The molecule has 1 fully saturated rings. The maximum atomic E-state index is 14.5. The van der Waals surface area contributed by atoms with Gasteiger partial charge in [0.2, 0.25) is 0 Å². The topological polar surface area (TPSA) is 71.2 Å². The minimum Gasteiger partial charge on any atom is -0.362 e. The average Bonchev–Trinajstić information content (AvgIpc) is 3.54. The van der Waals surface area contributed by atoms with Crippen LogP contribution >= 0.6 is 11.3 Å². The number of thiazole rings is 1. The number of pyridine rings is 1. The second-order valence-electron chi connectivity index (χ2n) is 8.39. The van der Waals surface area contributed by atoms with Crippen molar-refractivity contribution in [1.82, 2.24) is 24.3 Å². The molecule has 1 aliphatic rings. The van der Waals surface area contributed by atoms with E-state index in [2.05, 4.69) is 33.4 Å². The first-order valence-corrected chi connectivity index (χ1v) is 11.9. The molecule has 4 aromatic heterocycles. The summed E-state index contributed by atoms with van der Waals surface area (Å²) < 4.78 is 30.4.